The molecular weight excluding hydrogens is 126 g/mol. The number of hydrogen-bond acceptors (Lipinski definition) is 3. The van der Waals surface area contributed by atoms with Crippen LogP contribution in [0.25, 0.3) is 0 Å². The Morgan fingerprint density at radius 2 is 2.00 bits per heavy atom. The summed E-state index contributed by atoms with van der Waals surface area (Å²) in [6.45, 7) is 0.765. The summed E-state index contributed by atoms with van der Waals surface area (Å²) in [7, 11) is 0. The maximum atomic E-state index is 5.22. The average molecular weight is 136 g/mol. The van der Waals surface area contributed by atoms with Gasteiger partial charge in [-0.1, -0.05) is 0 Å². The lowest BCUT2D eigenvalue weighted by Gasteiger charge is -1.86. The van der Waals surface area contributed by atoms with Gasteiger partial charge in [0.1, 0.15) is 0 Å². The standard InChI is InChI=1S/C4H9N3.ClH/c5-3-1-2-4-6-7-4;/h4H,1-3,5H2;1H. The van der Waals surface area contributed by atoms with Crippen LogP contribution in [-0.4, -0.2) is 12.7 Å². The molecule has 0 amide bonds. The zero-order chi connectivity index (χ0) is 5.11. The summed E-state index contributed by atoms with van der Waals surface area (Å²) in [5.74, 6) is 0. The lowest BCUT2D eigenvalue weighted by Crippen LogP contribution is -1.99. The molecule has 0 radical (unpaired) electrons. The van der Waals surface area contributed by atoms with Crippen molar-refractivity contribution in [3.63, 3.8) is 0 Å². The van der Waals surface area contributed by atoms with Crippen molar-refractivity contribution in [3.05, 3.63) is 0 Å². The first kappa shape index (κ1) is 7.85. The second kappa shape index (κ2) is 3.80. The lowest BCUT2D eigenvalue weighted by molar-refractivity contribution is 0.719. The van der Waals surface area contributed by atoms with E-state index in [2.05, 4.69) is 10.2 Å². The van der Waals surface area contributed by atoms with Gasteiger partial charge in [-0.05, 0) is 19.4 Å². The molecule has 3 nitrogen and oxygen atoms in total. The Labute approximate surface area is 54.8 Å². The molecule has 1 aliphatic heterocycles. The van der Waals surface area contributed by atoms with Gasteiger partial charge in [-0.25, -0.2) is 0 Å². The van der Waals surface area contributed by atoms with Crippen molar-refractivity contribution in [1.82, 2.24) is 0 Å². The van der Waals surface area contributed by atoms with E-state index >= 15 is 0 Å². The van der Waals surface area contributed by atoms with Crippen molar-refractivity contribution in [1.29, 1.82) is 0 Å². The molecule has 0 saturated heterocycles. The normalized spacial score (nSPS) is 15.6. The highest BCUT2D eigenvalue weighted by atomic mass is 35.5. The summed E-state index contributed by atoms with van der Waals surface area (Å²) in [4.78, 5) is 0. The molecule has 0 atom stereocenters. The molecule has 0 aromatic heterocycles. The van der Waals surface area contributed by atoms with E-state index in [9.17, 15) is 0 Å². The fraction of sp³-hybridized carbons (Fsp3) is 1.00. The minimum absolute atomic E-state index is 0. The Balaban J connectivity index is 0.000000490. The van der Waals surface area contributed by atoms with Crippen LogP contribution in [0.3, 0.4) is 0 Å². The van der Waals surface area contributed by atoms with Crippen molar-refractivity contribution in [2.45, 2.75) is 19.0 Å². The molecule has 0 fully saturated rings. The van der Waals surface area contributed by atoms with E-state index in [1.807, 2.05) is 0 Å². The predicted octanol–water partition coefficient (Wildman–Crippen LogP) is 0.939. The fourth-order valence-corrected chi connectivity index (χ4v) is 0.463. The maximum Gasteiger partial charge on any atom is 0.181 e. The highest BCUT2D eigenvalue weighted by Crippen LogP contribution is 2.14. The maximum absolute atomic E-state index is 5.22. The largest absolute Gasteiger partial charge is 0.330 e. The van der Waals surface area contributed by atoms with Crippen LogP contribution in [0.1, 0.15) is 12.8 Å². The molecule has 8 heavy (non-hydrogen) atoms. The summed E-state index contributed by atoms with van der Waals surface area (Å²) in [6.07, 6.45) is 2.43. The van der Waals surface area contributed by atoms with Gasteiger partial charge in [-0.2, -0.15) is 10.2 Å². The molecule has 0 aromatic carbocycles. The number of nitrogens with zero attached hydrogens (tertiary/aromatic N) is 2. The van der Waals surface area contributed by atoms with Gasteiger partial charge in [0, 0.05) is 0 Å². The third kappa shape index (κ3) is 2.93. The molecule has 0 saturated carbocycles. The Kier molecular flexibility index (Phi) is 3.73. The van der Waals surface area contributed by atoms with Crippen molar-refractivity contribution < 1.29 is 0 Å². The van der Waals surface area contributed by atoms with Gasteiger partial charge in [0.25, 0.3) is 0 Å². The van der Waals surface area contributed by atoms with E-state index in [0.717, 1.165) is 19.4 Å². The zero-order valence-corrected chi connectivity index (χ0v) is 5.40. The summed E-state index contributed by atoms with van der Waals surface area (Å²) in [5.41, 5.74) is 5.22. The first-order valence-electron chi connectivity index (χ1n) is 2.53. The van der Waals surface area contributed by atoms with Crippen LogP contribution >= 0.6 is 12.4 Å². The highest BCUT2D eigenvalue weighted by molar-refractivity contribution is 5.85. The number of nitrogens with two attached hydrogens (primary N) is 1. The van der Waals surface area contributed by atoms with Gasteiger partial charge in [0.05, 0.1) is 0 Å². The molecular formula is C4H10ClN3. The van der Waals surface area contributed by atoms with E-state index in [1.165, 1.54) is 0 Å². The highest BCUT2D eigenvalue weighted by Gasteiger charge is 2.12. The summed E-state index contributed by atoms with van der Waals surface area (Å²) in [5, 5.41) is 7.42. The average Bonchev–Trinajstić information content (AvgIpc) is 2.42. The predicted molar refractivity (Wildman–Crippen MR) is 34.2 cm³/mol. The van der Waals surface area contributed by atoms with Gasteiger partial charge >= 0.3 is 0 Å². The summed E-state index contributed by atoms with van der Waals surface area (Å²) >= 11 is 0. The van der Waals surface area contributed by atoms with Crippen molar-refractivity contribution in [2.75, 3.05) is 6.54 Å². The summed E-state index contributed by atoms with van der Waals surface area (Å²) in [6, 6.07) is 0. The second-order valence-electron chi connectivity index (χ2n) is 1.64. The lowest BCUT2D eigenvalue weighted by atomic mass is 10.3. The minimum Gasteiger partial charge on any atom is -0.330 e. The molecule has 1 heterocycles. The van der Waals surface area contributed by atoms with E-state index in [0.29, 0.717) is 6.17 Å². The van der Waals surface area contributed by atoms with Crippen molar-refractivity contribution >= 4 is 12.4 Å². The number of rotatable bonds is 3. The smallest absolute Gasteiger partial charge is 0.181 e. The topological polar surface area (TPSA) is 50.7 Å². The second-order valence-corrected chi connectivity index (χ2v) is 1.64. The minimum atomic E-state index is 0. The van der Waals surface area contributed by atoms with Crippen LogP contribution in [0, 0.1) is 0 Å². The third-order valence-electron chi connectivity index (χ3n) is 0.945. The molecule has 2 N–H and O–H groups in total. The SMILES string of the molecule is Cl.NCCCC1N=N1. The number of halogens is 1. The third-order valence-corrected chi connectivity index (χ3v) is 0.945. The van der Waals surface area contributed by atoms with Crippen molar-refractivity contribution in [3.8, 4) is 0 Å². The first-order chi connectivity index (χ1) is 3.43. The molecule has 1 aliphatic rings. The van der Waals surface area contributed by atoms with Crippen LogP contribution in [-0.2, 0) is 0 Å². The molecule has 0 unspecified atom stereocenters. The molecule has 0 spiro atoms. The molecule has 0 aliphatic carbocycles. The molecule has 48 valence electrons. The molecule has 1 rings (SSSR count). The Morgan fingerprint density at radius 1 is 1.38 bits per heavy atom. The van der Waals surface area contributed by atoms with Crippen LogP contribution < -0.4 is 5.73 Å². The Morgan fingerprint density at radius 3 is 2.38 bits per heavy atom. The van der Waals surface area contributed by atoms with Crippen LogP contribution in [0.15, 0.2) is 10.2 Å². The van der Waals surface area contributed by atoms with Gasteiger partial charge in [-0.3, -0.25) is 0 Å². The Bertz CT molecular complexity index is 77.4. The molecule has 0 aromatic rings. The first-order valence-corrected chi connectivity index (χ1v) is 2.53. The quantitative estimate of drug-likeness (QED) is 0.615. The van der Waals surface area contributed by atoms with Gasteiger partial charge < -0.3 is 5.73 Å². The van der Waals surface area contributed by atoms with E-state index in [1.54, 1.807) is 0 Å². The van der Waals surface area contributed by atoms with Crippen LogP contribution in [0.4, 0.5) is 0 Å². The van der Waals surface area contributed by atoms with Crippen molar-refractivity contribution in [2.24, 2.45) is 16.0 Å². The van der Waals surface area contributed by atoms with E-state index in [4.69, 9.17) is 5.73 Å². The molecule has 0 bridgehead atoms. The summed E-state index contributed by atoms with van der Waals surface area (Å²) < 4.78 is 0. The molecule has 4 heteroatoms. The van der Waals surface area contributed by atoms with E-state index < -0.39 is 0 Å². The fourth-order valence-electron chi connectivity index (χ4n) is 0.463. The van der Waals surface area contributed by atoms with Gasteiger partial charge in [0.15, 0.2) is 6.17 Å². The van der Waals surface area contributed by atoms with E-state index in [-0.39, 0.29) is 12.4 Å². The van der Waals surface area contributed by atoms with Gasteiger partial charge in [0.2, 0.25) is 0 Å². The zero-order valence-electron chi connectivity index (χ0n) is 4.58. The van der Waals surface area contributed by atoms with Crippen LogP contribution in [0.2, 0.25) is 0 Å². The Hall–Kier alpha value is -0.150. The van der Waals surface area contributed by atoms with Gasteiger partial charge in [-0.15, -0.1) is 12.4 Å². The monoisotopic (exact) mass is 135 g/mol. The van der Waals surface area contributed by atoms with Crippen LogP contribution in [0.5, 0.6) is 0 Å². The number of hydrogen-bond donors (Lipinski definition) is 1.